The van der Waals surface area contributed by atoms with E-state index in [1.165, 1.54) is 0 Å². The Morgan fingerprint density at radius 1 is 1.29 bits per heavy atom. The molecule has 1 aromatic rings. The van der Waals surface area contributed by atoms with Crippen LogP contribution in [0.3, 0.4) is 0 Å². The number of anilines is 1. The Bertz CT molecular complexity index is 287. The summed E-state index contributed by atoms with van der Waals surface area (Å²) in [5.74, 6) is 0.874. The highest BCUT2D eigenvalue weighted by Crippen LogP contribution is 2.19. The Hall–Kier alpha value is -1.22. The Morgan fingerprint density at radius 2 is 2.07 bits per heavy atom. The van der Waals surface area contributed by atoms with Crippen LogP contribution >= 0.6 is 0 Å². The van der Waals surface area contributed by atoms with Gasteiger partial charge in [0.15, 0.2) is 0 Å². The fourth-order valence-corrected chi connectivity index (χ4v) is 1.19. The molecule has 0 aliphatic carbocycles. The van der Waals surface area contributed by atoms with Crippen molar-refractivity contribution in [2.75, 3.05) is 25.6 Å². The summed E-state index contributed by atoms with van der Waals surface area (Å²) >= 11 is 0. The molecule has 1 aromatic carbocycles. The van der Waals surface area contributed by atoms with E-state index in [2.05, 4.69) is 0 Å². The number of benzene rings is 1. The van der Waals surface area contributed by atoms with Gasteiger partial charge in [0, 0.05) is 12.3 Å². The van der Waals surface area contributed by atoms with Crippen molar-refractivity contribution in [1.29, 1.82) is 0 Å². The van der Waals surface area contributed by atoms with Gasteiger partial charge in [-0.25, -0.2) is 0 Å². The van der Waals surface area contributed by atoms with Gasteiger partial charge < -0.3 is 15.2 Å². The van der Waals surface area contributed by atoms with Gasteiger partial charge in [-0.3, -0.25) is 0 Å². The van der Waals surface area contributed by atoms with Crippen LogP contribution in [0, 0.1) is 6.92 Å². The van der Waals surface area contributed by atoms with E-state index in [0.29, 0.717) is 13.2 Å². The largest absolute Gasteiger partial charge is 0.491 e. The Labute approximate surface area is 84.8 Å². The van der Waals surface area contributed by atoms with Crippen LogP contribution in [-0.4, -0.2) is 19.8 Å². The second-order valence-electron chi connectivity index (χ2n) is 3.07. The summed E-state index contributed by atoms with van der Waals surface area (Å²) in [5, 5.41) is 0. The zero-order valence-electron chi connectivity index (χ0n) is 8.75. The van der Waals surface area contributed by atoms with Gasteiger partial charge in [-0.15, -0.1) is 0 Å². The molecule has 0 heterocycles. The molecule has 0 saturated heterocycles. The lowest BCUT2D eigenvalue weighted by Crippen LogP contribution is -2.07. The topological polar surface area (TPSA) is 44.5 Å². The summed E-state index contributed by atoms with van der Waals surface area (Å²) in [4.78, 5) is 0. The second-order valence-corrected chi connectivity index (χ2v) is 3.07. The molecule has 0 amide bonds. The summed E-state index contributed by atoms with van der Waals surface area (Å²) in [7, 11) is 0. The summed E-state index contributed by atoms with van der Waals surface area (Å²) in [6, 6.07) is 5.62. The Kier molecular flexibility index (Phi) is 4.26. The third kappa shape index (κ3) is 3.26. The standard InChI is InChI=1S/C11H17NO2/c1-3-13-6-7-14-11-5-4-10(12)8-9(11)2/h4-5,8H,3,6-7,12H2,1-2H3. The van der Waals surface area contributed by atoms with Crippen LogP contribution in [0.1, 0.15) is 12.5 Å². The lowest BCUT2D eigenvalue weighted by atomic mass is 10.2. The van der Waals surface area contributed by atoms with Crippen LogP contribution in [0.2, 0.25) is 0 Å². The van der Waals surface area contributed by atoms with Crippen molar-refractivity contribution in [3.05, 3.63) is 23.8 Å². The average Bonchev–Trinajstić information content (AvgIpc) is 2.15. The highest BCUT2D eigenvalue weighted by molar-refractivity contribution is 5.47. The quantitative estimate of drug-likeness (QED) is 0.577. The predicted molar refractivity (Wildman–Crippen MR) is 57.6 cm³/mol. The van der Waals surface area contributed by atoms with Crippen molar-refractivity contribution < 1.29 is 9.47 Å². The number of hydrogen-bond donors (Lipinski definition) is 1. The van der Waals surface area contributed by atoms with E-state index in [9.17, 15) is 0 Å². The van der Waals surface area contributed by atoms with Crippen molar-refractivity contribution >= 4 is 5.69 Å². The van der Waals surface area contributed by atoms with Gasteiger partial charge in [0.05, 0.1) is 6.61 Å². The van der Waals surface area contributed by atoms with E-state index < -0.39 is 0 Å². The molecule has 3 heteroatoms. The molecule has 0 aliphatic heterocycles. The highest BCUT2D eigenvalue weighted by atomic mass is 16.5. The molecule has 0 bridgehead atoms. The SMILES string of the molecule is CCOCCOc1ccc(N)cc1C. The van der Waals surface area contributed by atoms with E-state index in [0.717, 1.165) is 23.6 Å². The first-order chi connectivity index (χ1) is 6.74. The molecule has 0 fully saturated rings. The van der Waals surface area contributed by atoms with Crippen LogP contribution in [-0.2, 0) is 4.74 Å². The molecule has 1 rings (SSSR count). The summed E-state index contributed by atoms with van der Waals surface area (Å²) in [6.45, 7) is 5.88. The molecule has 3 nitrogen and oxygen atoms in total. The number of aryl methyl sites for hydroxylation is 1. The molecule has 0 aliphatic rings. The minimum absolute atomic E-state index is 0.582. The molecule has 14 heavy (non-hydrogen) atoms. The molecule has 0 spiro atoms. The van der Waals surface area contributed by atoms with Crippen LogP contribution in [0.25, 0.3) is 0 Å². The minimum atomic E-state index is 0.582. The van der Waals surface area contributed by atoms with Crippen molar-refractivity contribution in [2.24, 2.45) is 0 Å². The van der Waals surface area contributed by atoms with Crippen molar-refractivity contribution in [2.45, 2.75) is 13.8 Å². The summed E-state index contributed by atoms with van der Waals surface area (Å²) in [5.41, 5.74) is 7.44. The molecule has 0 unspecified atom stereocenters. The second kappa shape index (κ2) is 5.50. The zero-order chi connectivity index (χ0) is 10.4. The minimum Gasteiger partial charge on any atom is -0.491 e. The third-order valence-corrected chi connectivity index (χ3v) is 1.89. The highest BCUT2D eigenvalue weighted by Gasteiger charge is 1.98. The van der Waals surface area contributed by atoms with E-state index in [1.54, 1.807) is 0 Å². The van der Waals surface area contributed by atoms with Gasteiger partial charge in [-0.2, -0.15) is 0 Å². The third-order valence-electron chi connectivity index (χ3n) is 1.89. The van der Waals surface area contributed by atoms with Crippen LogP contribution in [0.4, 0.5) is 5.69 Å². The molecule has 0 saturated carbocycles. The maximum atomic E-state index is 5.62. The number of nitrogens with two attached hydrogens (primary N) is 1. The number of ether oxygens (including phenoxy) is 2. The monoisotopic (exact) mass is 195 g/mol. The predicted octanol–water partition coefficient (Wildman–Crippen LogP) is 1.99. The maximum absolute atomic E-state index is 5.62. The van der Waals surface area contributed by atoms with Gasteiger partial charge in [0.1, 0.15) is 12.4 Å². The van der Waals surface area contributed by atoms with Gasteiger partial charge >= 0.3 is 0 Å². The normalized spacial score (nSPS) is 10.1. The van der Waals surface area contributed by atoms with Crippen LogP contribution in [0.5, 0.6) is 5.75 Å². The fourth-order valence-electron chi connectivity index (χ4n) is 1.19. The van der Waals surface area contributed by atoms with E-state index in [1.807, 2.05) is 32.0 Å². The van der Waals surface area contributed by atoms with Crippen molar-refractivity contribution in [3.63, 3.8) is 0 Å². The number of nitrogen functional groups attached to an aromatic ring is 1. The zero-order valence-corrected chi connectivity index (χ0v) is 8.75. The first-order valence-corrected chi connectivity index (χ1v) is 4.80. The summed E-state index contributed by atoms with van der Waals surface area (Å²) in [6.07, 6.45) is 0. The average molecular weight is 195 g/mol. The molecule has 78 valence electrons. The number of rotatable bonds is 5. The molecular weight excluding hydrogens is 178 g/mol. The molecule has 0 radical (unpaired) electrons. The van der Waals surface area contributed by atoms with E-state index >= 15 is 0 Å². The van der Waals surface area contributed by atoms with Crippen molar-refractivity contribution in [3.8, 4) is 5.75 Å². The molecule has 2 N–H and O–H groups in total. The van der Waals surface area contributed by atoms with Gasteiger partial charge in [-0.05, 0) is 37.6 Å². The Morgan fingerprint density at radius 3 is 2.71 bits per heavy atom. The van der Waals surface area contributed by atoms with E-state index in [4.69, 9.17) is 15.2 Å². The smallest absolute Gasteiger partial charge is 0.122 e. The Balaban J connectivity index is 2.42. The maximum Gasteiger partial charge on any atom is 0.122 e. The fraction of sp³-hybridized carbons (Fsp3) is 0.455. The summed E-state index contributed by atoms with van der Waals surface area (Å²) < 4.78 is 10.7. The first kappa shape index (κ1) is 10.9. The van der Waals surface area contributed by atoms with Gasteiger partial charge in [0.2, 0.25) is 0 Å². The molecular formula is C11H17NO2. The lowest BCUT2D eigenvalue weighted by molar-refractivity contribution is 0.110. The van der Waals surface area contributed by atoms with E-state index in [-0.39, 0.29) is 0 Å². The molecule has 0 atom stereocenters. The molecule has 0 aromatic heterocycles. The number of hydrogen-bond acceptors (Lipinski definition) is 3. The van der Waals surface area contributed by atoms with Gasteiger partial charge in [-0.1, -0.05) is 0 Å². The first-order valence-electron chi connectivity index (χ1n) is 4.80. The van der Waals surface area contributed by atoms with Crippen LogP contribution in [0.15, 0.2) is 18.2 Å². The van der Waals surface area contributed by atoms with Gasteiger partial charge in [0.25, 0.3) is 0 Å². The van der Waals surface area contributed by atoms with Crippen LogP contribution < -0.4 is 10.5 Å². The lowest BCUT2D eigenvalue weighted by Gasteiger charge is -2.09. The van der Waals surface area contributed by atoms with Crippen molar-refractivity contribution in [1.82, 2.24) is 0 Å².